The second-order valence-electron chi connectivity index (χ2n) is 6.21. The second kappa shape index (κ2) is 7.25. The molecule has 1 rings (SSSR count). The van der Waals surface area contributed by atoms with Crippen molar-refractivity contribution in [3.63, 3.8) is 0 Å². The number of nitrogens with zero attached hydrogens (tertiary/aromatic N) is 1. The molecular weight excluding hydrogens is 238 g/mol. The van der Waals surface area contributed by atoms with Crippen LogP contribution in [0.25, 0.3) is 0 Å². The number of likely N-dealkylation sites (N-methyl/N-ethyl adjacent to an activating group) is 1. The van der Waals surface area contributed by atoms with Crippen LogP contribution in [0.2, 0.25) is 0 Å². The highest BCUT2D eigenvalue weighted by Gasteiger charge is 2.42. The highest BCUT2D eigenvalue weighted by Crippen LogP contribution is 2.31. The van der Waals surface area contributed by atoms with Crippen LogP contribution in [0.3, 0.4) is 0 Å². The predicted molar refractivity (Wildman–Crippen MR) is 79.9 cm³/mol. The fraction of sp³-hybridized carbons (Fsp3) is 0.933. The van der Waals surface area contributed by atoms with Crippen LogP contribution in [0, 0.1) is 5.92 Å². The number of hydrogen-bond acceptors (Lipinski definition) is 3. The van der Waals surface area contributed by atoms with E-state index in [0.29, 0.717) is 12.0 Å². The van der Waals surface area contributed by atoms with Gasteiger partial charge in [-0.2, -0.15) is 0 Å². The Kier molecular flexibility index (Phi) is 6.27. The molecule has 0 heterocycles. The lowest BCUT2D eigenvalue weighted by Gasteiger charge is -2.43. The van der Waals surface area contributed by atoms with E-state index in [1.54, 1.807) is 0 Å². The molecular formula is C15H31N3O. The molecule has 0 aliphatic heterocycles. The Labute approximate surface area is 118 Å². The van der Waals surface area contributed by atoms with E-state index in [9.17, 15) is 4.79 Å². The zero-order valence-electron chi connectivity index (χ0n) is 13.0. The number of nitrogens with one attached hydrogen (secondary N) is 1. The minimum atomic E-state index is -0.484. The van der Waals surface area contributed by atoms with Crippen LogP contribution in [-0.2, 0) is 4.79 Å². The molecule has 4 nitrogen and oxygen atoms in total. The highest BCUT2D eigenvalue weighted by molar-refractivity contribution is 5.84. The zero-order valence-corrected chi connectivity index (χ0v) is 13.0. The van der Waals surface area contributed by atoms with E-state index >= 15 is 0 Å². The SMILES string of the molecule is CCNC1(C(N)=O)CCCC(N(CC)CC(C)C)C1. The second-order valence-corrected chi connectivity index (χ2v) is 6.21. The third-order valence-corrected chi connectivity index (χ3v) is 4.23. The molecule has 2 unspecified atom stereocenters. The Morgan fingerprint density at radius 3 is 2.63 bits per heavy atom. The van der Waals surface area contributed by atoms with Gasteiger partial charge >= 0.3 is 0 Å². The van der Waals surface area contributed by atoms with Crippen molar-refractivity contribution in [2.24, 2.45) is 11.7 Å². The third kappa shape index (κ3) is 4.18. The van der Waals surface area contributed by atoms with Gasteiger partial charge in [0.2, 0.25) is 5.91 Å². The number of rotatable bonds is 7. The maximum Gasteiger partial charge on any atom is 0.237 e. The summed E-state index contributed by atoms with van der Waals surface area (Å²) in [4.78, 5) is 14.4. The molecule has 2 atom stereocenters. The van der Waals surface area contributed by atoms with Gasteiger partial charge in [0.25, 0.3) is 0 Å². The summed E-state index contributed by atoms with van der Waals surface area (Å²) in [5.74, 6) is 0.476. The van der Waals surface area contributed by atoms with Gasteiger partial charge in [-0.15, -0.1) is 0 Å². The van der Waals surface area contributed by atoms with Crippen molar-refractivity contribution in [1.82, 2.24) is 10.2 Å². The summed E-state index contributed by atoms with van der Waals surface area (Å²) < 4.78 is 0. The van der Waals surface area contributed by atoms with E-state index in [4.69, 9.17) is 5.73 Å². The molecule has 1 amide bonds. The van der Waals surface area contributed by atoms with Gasteiger partial charge in [-0.3, -0.25) is 4.79 Å². The predicted octanol–water partition coefficient (Wildman–Crippen LogP) is 1.74. The summed E-state index contributed by atoms with van der Waals surface area (Å²) in [5, 5.41) is 3.36. The lowest BCUT2D eigenvalue weighted by Crippen LogP contribution is -2.60. The standard InChI is InChI=1S/C15H31N3O/c1-5-17-15(14(16)19)9-7-8-13(10-15)18(6-2)11-12(3)4/h12-13,17H,5-11H2,1-4H3,(H2,16,19). The molecule has 112 valence electrons. The van der Waals surface area contributed by atoms with Gasteiger partial charge in [0.1, 0.15) is 0 Å². The van der Waals surface area contributed by atoms with Crippen molar-refractivity contribution in [3.8, 4) is 0 Å². The normalized spacial score (nSPS) is 28.0. The fourth-order valence-corrected chi connectivity index (χ4v) is 3.37. The van der Waals surface area contributed by atoms with E-state index in [1.165, 1.54) is 6.42 Å². The van der Waals surface area contributed by atoms with Crippen molar-refractivity contribution in [3.05, 3.63) is 0 Å². The van der Waals surface area contributed by atoms with Crippen molar-refractivity contribution in [2.45, 2.75) is 65.0 Å². The first-order chi connectivity index (χ1) is 8.95. The van der Waals surface area contributed by atoms with Gasteiger partial charge in [0, 0.05) is 12.6 Å². The van der Waals surface area contributed by atoms with Crippen LogP contribution in [0.4, 0.5) is 0 Å². The van der Waals surface area contributed by atoms with E-state index in [0.717, 1.165) is 38.9 Å². The largest absolute Gasteiger partial charge is 0.368 e. The third-order valence-electron chi connectivity index (χ3n) is 4.23. The van der Waals surface area contributed by atoms with Crippen LogP contribution in [-0.4, -0.2) is 42.0 Å². The average Bonchev–Trinajstić information content (AvgIpc) is 2.36. The quantitative estimate of drug-likeness (QED) is 0.740. The van der Waals surface area contributed by atoms with E-state index in [2.05, 4.69) is 31.0 Å². The lowest BCUT2D eigenvalue weighted by molar-refractivity contribution is -0.126. The van der Waals surface area contributed by atoms with Crippen LogP contribution in [0.5, 0.6) is 0 Å². The Morgan fingerprint density at radius 2 is 2.16 bits per heavy atom. The molecule has 4 heteroatoms. The van der Waals surface area contributed by atoms with Gasteiger partial charge in [-0.05, 0) is 44.7 Å². The van der Waals surface area contributed by atoms with Crippen LogP contribution >= 0.6 is 0 Å². The molecule has 0 radical (unpaired) electrons. The molecule has 1 aliphatic rings. The van der Waals surface area contributed by atoms with Crippen molar-refractivity contribution >= 4 is 5.91 Å². The van der Waals surface area contributed by atoms with Gasteiger partial charge in [-0.25, -0.2) is 0 Å². The molecule has 0 aromatic rings. The van der Waals surface area contributed by atoms with Gasteiger partial charge < -0.3 is 16.0 Å². The van der Waals surface area contributed by atoms with Crippen molar-refractivity contribution < 1.29 is 4.79 Å². The molecule has 0 spiro atoms. The molecule has 1 fully saturated rings. The maximum atomic E-state index is 11.9. The van der Waals surface area contributed by atoms with Gasteiger partial charge in [-0.1, -0.05) is 27.7 Å². The number of primary amides is 1. The minimum absolute atomic E-state index is 0.181. The zero-order chi connectivity index (χ0) is 14.5. The lowest BCUT2D eigenvalue weighted by atomic mass is 9.77. The Morgan fingerprint density at radius 1 is 1.47 bits per heavy atom. The Bertz CT molecular complexity index is 289. The monoisotopic (exact) mass is 269 g/mol. The fourth-order valence-electron chi connectivity index (χ4n) is 3.37. The topological polar surface area (TPSA) is 58.4 Å². The number of carbonyl (C=O) groups is 1. The van der Waals surface area contributed by atoms with Crippen LogP contribution in [0.15, 0.2) is 0 Å². The first kappa shape index (κ1) is 16.4. The number of carbonyl (C=O) groups excluding carboxylic acids is 1. The maximum absolute atomic E-state index is 11.9. The first-order valence-corrected chi connectivity index (χ1v) is 7.74. The highest BCUT2D eigenvalue weighted by atomic mass is 16.1. The average molecular weight is 269 g/mol. The molecule has 19 heavy (non-hydrogen) atoms. The molecule has 0 saturated heterocycles. The molecule has 0 aromatic carbocycles. The molecule has 0 aromatic heterocycles. The molecule has 1 aliphatic carbocycles. The summed E-state index contributed by atoms with van der Waals surface area (Å²) in [7, 11) is 0. The summed E-state index contributed by atoms with van der Waals surface area (Å²) in [5.41, 5.74) is 5.19. The van der Waals surface area contributed by atoms with E-state index in [1.807, 2.05) is 6.92 Å². The van der Waals surface area contributed by atoms with E-state index in [-0.39, 0.29) is 5.91 Å². The number of nitrogens with two attached hydrogens (primary N) is 1. The molecule has 0 bridgehead atoms. The first-order valence-electron chi connectivity index (χ1n) is 7.74. The van der Waals surface area contributed by atoms with Gasteiger partial charge in [0.05, 0.1) is 5.54 Å². The van der Waals surface area contributed by atoms with Crippen LogP contribution < -0.4 is 11.1 Å². The Balaban J connectivity index is 2.78. The Hall–Kier alpha value is -0.610. The number of amides is 1. The van der Waals surface area contributed by atoms with E-state index < -0.39 is 5.54 Å². The summed E-state index contributed by atoms with van der Waals surface area (Å²) in [6.45, 7) is 11.7. The number of hydrogen-bond donors (Lipinski definition) is 2. The smallest absolute Gasteiger partial charge is 0.237 e. The van der Waals surface area contributed by atoms with Crippen molar-refractivity contribution in [2.75, 3.05) is 19.6 Å². The summed E-state index contributed by atoms with van der Waals surface area (Å²) in [6.07, 6.45) is 4.00. The summed E-state index contributed by atoms with van der Waals surface area (Å²) >= 11 is 0. The molecule has 1 saturated carbocycles. The van der Waals surface area contributed by atoms with Gasteiger partial charge in [0.15, 0.2) is 0 Å². The van der Waals surface area contributed by atoms with Crippen LogP contribution in [0.1, 0.15) is 53.4 Å². The molecule has 3 N–H and O–H groups in total. The summed E-state index contributed by atoms with van der Waals surface area (Å²) in [6, 6.07) is 0.479. The minimum Gasteiger partial charge on any atom is -0.368 e. The van der Waals surface area contributed by atoms with Crippen molar-refractivity contribution in [1.29, 1.82) is 0 Å².